The number of rotatable bonds is 4. The fraction of sp³-hybridized carbons (Fsp3) is 0.667. The maximum atomic E-state index is 5.90. The maximum Gasteiger partial charge on any atom is 0.111 e. The minimum atomic E-state index is 0.521. The molecule has 1 heterocycles. The van der Waals surface area contributed by atoms with Gasteiger partial charge in [0.05, 0.1) is 0 Å². The molecule has 14 heavy (non-hydrogen) atoms. The molecule has 2 N–H and O–H groups in total. The molecule has 0 aromatic carbocycles. The van der Waals surface area contributed by atoms with E-state index in [1.807, 2.05) is 0 Å². The van der Waals surface area contributed by atoms with Crippen LogP contribution >= 0.6 is 0 Å². The molecule has 0 radical (unpaired) electrons. The second kappa shape index (κ2) is 3.77. The Kier molecular flexibility index (Phi) is 2.64. The smallest absolute Gasteiger partial charge is 0.111 e. The predicted octanol–water partition coefficient (Wildman–Crippen LogP) is 3.13. The minimum Gasteiger partial charge on any atom is -0.465 e. The van der Waals surface area contributed by atoms with E-state index in [9.17, 15) is 0 Å². The van der Waals surface area contributed by atoms with Crippen molar-refractivity contribution in [2.24, 2.45) is 5.73 Å². The van der Waals surface area contributed by atoms with Crippen LogP contribution in [0.1, 0.15) is 62.0 Å². The van der Waals surface area contributed by atoms with Crippen LogP contribution in [0.25, 0.3) is 0 Å². The van der Waals surface area contributed by atoms with E-state index in [1.165, 1.54) is 24.2 Å². The molecular formula is C12H19NO. The first-order valence-corrected chi connectivity index (χ1v) is 5.58. The van der Waals surface area contributed by atoms with Gasteiger partial charge in [0.15, 0.2) is 0 Å². The zero-order valence-corrected chi connectivity index (χ0v) is 9.05. The Bertz CT molecular complexity index is 312. The number of hydrogen-bond acceptors (Lipinski definition) is 2. The zero-order chi connectivity index (χ0) is 10.1. The van der Waals surface area contributed by atoms with Crippen LogP contribution in [0.15, 0.2) is 10.5 Å². The van der Waals surface area contributed by atoms with Crippen LogP contribution in [0.5, 0.6) is 0 Å². The Morgan fingerprint density at radius 3 is 2.79 bits per heavy atom. The van der Waals surface area contributed by atoms with Crippen LogP contribution in [0.2, 0.25) is 0 Å². The van der Waals surface area contributed by atoms with E-state index in [4.69, 9.17) is 10.2 Å². The molecule has 0 spiro atoms. The van der Waals surface area contributed by atoms with E-state index in [2.05, 4.69) is 19.9 Å². The van der Waals surface area contributed by atoms with Gasteiger partial charge in [0, 0.05) is 23.9 Å². The van der Waals surface area contributed by atoms with Crippen LogP contribution in [0.4, 0.5) is 0 Å². The van der Waals surface area contributed by atoms with Gasteiger partial charge in [0.25, 0.3) is 0 Å². The fourth-order valence-electron chi connectivity index (χ4n) is 1.76. The Balaban J connectivity index is 2.26. The highest BCUT2D eigenvalue weighted by Gasteiger charge is 2.30. The molecule has 1 unspecified atom stereocenters. The van der Waals surface area contributed by atoms with Crippen molar-refractivity contribution in [1.82, 2.24) is 0 Å². The van der Waals surface area contributed by atoms with Gasteiger partial charge in [0.1, 0.15) is 11.5 Å². The predicted molar refractivity (Wildman–Crippen MR) is 57.3 cm³/mol. The van der Waals surface area contributed by atoms with E-state index in [0.717, 1.165) is 12.2 Å². The van der Waals surface area contributed by atoms with E-state index in [0.29, 0.717) is 18.4 Å². The summed E-state index contributed by atoms with van der Waals surface area (Å²) in [6.45, 7) is 5.01. The van der Waals surface area contributed by atoms with E-state index in [-0.39, 0.29) is 0 Å². The van der Waals surface area contributed by atoms with Gasteiger partial charge in [-0.1, -0.05) is 13.8 Å². The van der Waals surface area contributed by atoms with Crippen molar-refractivity contribution in [2.45, 2.75) is 51.5 Å². The summed E-state index contributed by atoms with van der Waals surface area (Å²) in [6, 6.07) is 2.15. The first-order valence-electron chi connectivity index (χ1n) is 5.58. The Morgan fingerprint density at radius 1 is 1.57 bits per heavy atom. The lowest BCUT2D eigenvalue weighted by molar-refractivity contribution is 0.433. The highest BCUT2D eigenvalue weighted by atomic mass is 16.3. The summed E-state index contributed by atoms with van der Waals surface area (Å²) in [4.78, 5) is 0. The lowest BCUT2D eigenvalue weighted by Gasteiger charge is -2.02. The topological polar surface area (TPSA) is 39.2 Å². The Hall–Kier alpha value is -0.760. The number of hydrogen-bond donors (Lipinski definition) is 1. The SMILES string of the molecule is CCC(C)c1cc(CN)c(C2CC2)o1. The molecule has 1 fully saturated rings. The van der Waals surface area contributed by atoms with Crippen LogP contribution < -0.4 is 5.73 Å². The van der Waals surface area contributed by atoms with Crippen LogP contribution in [0.3, 0.4) is 0 Å². The second-order valence-electron chi connectivity index (χ2n) is 4.33. The van der Waals surface area contributed by atoms with Crippen molar-refractivity contribution in [2.75, 3.05) is 0 Å². The summed E-state index contributed by atoms with van der Waals surface area (Å²) < 4.78 is 5.90. The molecule has 1 saturated carbocycles. The fourth-order valence-corrected chi connectivity index (χ4v) is 1.76. The van der Waals surface area contributed by atoms with Crippen LogP contribution in [0, 0.1) is 0 Å². The van der Waals surface area contributed by atoms with Gasteiger partial charge in [-0.2, -0.15) is 0 Å². The third-order valence-electron chi connectivity index (χ3n) is 3.13. The third-order valence-corrected chi connectivity index (χ3v) is 3.13. The van der Waals surface area contributed by atoms with E-state index in [1.54, 1.807) is 0 Å². The molecule has 78 valence electrons. The molecule has 2 rings (SSSR count). The van der Waals surface area contributed by atoms with Gasteiger partial charge in [-0.05, 0) is 25.3 Å². The van der Waals surface area contributed by atoms with Crippen molar-refractivity contribution in [3.63, 3.8) is 0 Å². The number of nitrogens with two attached hydrogens (primary N) is 1. The molecular weight excluding hydrogens is 174 g/mol. The van der Waals surface area contributed by atoms with Gasteiger partial charge in [-0.3, -0.25) is 0 Å². The highest BCUT2D eigenvalue weighted by Crippen LogP contribution is 2.43. The average molecular weight is 193 g/mol. The summed E-state index contributed by atoms with van der Waals surface area (Å²) in [5.74, 6) is 3.48. The van der Waals surface area contributed by atoms with Gasteiger partial charge >= 0.3 is 0 Å². The van der Waals surface area contributed by atoms with Crippen LogP contribution in [-0.4, -0.2) is 0 Å². The maximum absolute atomic E-state index is 5.90. The quantitative estimate of drug-likeness (QED) is 0.798. The van der Waals surface area contributed by atoms with Crippen molar-refractivity contribution >= 4 is 0 Å². The summed E-state index contributed by atoms with van der Waals surface area (Å²) >= 11 is 0. The molecule has 1 aromatic rings. The lowest BCUT2D eigenvalue weighted by Crippen LogP contribution is -1.97. The molecule has 0 bridgehead atoms. The summed E-state index contributed by atoms with van der Waals surface area (Å²) in [6.07, 6.45) is 3.68. The van der Waals surface area contributed by atoms with Crippen molar-refractivity contribution in [3.05, 3.63) is 23.2 Å². The molecule has 0 amide bonds. The normalized spacial score (nSPS) is 18.5. The van der Waals surface area contributed by atoms with Crippen molar-refractivity contribution in [1.29, 1.82) is 0 Å². The summed E-state index contributed by atoms with van der Waals surface area (Å²) in [7, 11) is 0. The Labute approximate surface area is 85.5 Å². The summed E-state index contributed by atoms with van der Waals surface area (Å²) in [5, 5.41) is 0. The first-order chi connectivity index (χ1) is 6.76. The van der Waals surface area contributed by atoms with Gasteiger partial charge < -0.3 is 10.2 Å². The molecule has 2 nitrogen and oxygen atoms in total. The van der Waals surface area contributed by atoms with Crippen molar-refractivity contribution in [3.8, 4) is 0 Å². The molecule has 0 saturated heterocycles. The zero-order valence-electron chi connectivity index (χ0n) is 9.05. The largest absolute Gasteiger partial charge is 0.465 e. The van der Waals surface area contributed by atoms with E-state index >= 15 is 0 Å². The van der Waals surface area contributed by atoms with Gasteiger partial charge in [-0.15, -0.1) is 0 Å². The molecule has 1 aromatic heterocycles. The average Bonchev–Trinajstić information content (AvgIpc) is 2.96. The van der Waals surface area contributed by atoms with Crippen LogP contribution in [-0.2, 0) is 6.54 Å². The Morgan fingerprint density at radius 2 is 2.29 bits per heavy atom. The van der Waals surface area contributed by atoms with E-state index < -0.39 is 0 Å². The molecule has 1 aliphatic carbocycles. The second-order valence-corrected chi connectivity index (χ2v) is 4.33. The number of furan rings is 1. The molecule has 0 aliphatic heterocycles. The standard InChI is InChI=1S/C12H19NO/c1-3-8(2)11-6-10(7-13)12(14-11)9-4-5-9/h6,8-9H,3-5,7,13H2,1-2H3. The van der Waals surface area contributed by atoms with Crippen molar-refractivity contribution < 1.29 is 4.42 Å². The summed E-state index contributed by atoms with van der Waals surface area (Å²) in [5.41, 5.74) is 6.94. The molecule has 1 aliphatic rings. The van der Waals surface area contributed by atoms with Gasteiger partial charge in [-0.25, -0.2) is 0 Å². The van der Waals surface area contributed by atoms with Gasteiger partial charge in [0.2, 0.25) is 0 Å². The molecule has 2 heteroatoms. The first kappa shape index (κ1) is 9.78. The molecule has 1 atom stereocenters. The monoisotopic (exact) mass is 193 g/mol. The highest BCUT2D eigenvalue weighted by molar-refractivity contribution is 5.28. The minimum absolute atomic E-state index is 0.521. The lowest BCUT2D eigenvalue weighted by atomic mass is 10.1. The third kappa shape index (κ3) is 1.71.